The molecule has 1 aromatic heterocycles. The molecular weight excluding hydrogens is 269 g/mol. The molecule has 104 valence electrons. The Balaban J connectivity index is 1.99. The molecule has 0 radical (unpaired) electrons. The van der Waals surface area contributed by atoms with Gasteiger partial charge < -0.3 is 11.1 Å². The van der Waals surface area contributed by atoms with Gasteiger partial charge >= 0.3 is 0 Å². The van der Waals surface area contributed by atoms with E-state index in [1.165, 1.54) is 18.2 Å². The first-order chi connectivity index (χ1) is 10.1. The highest BCUT2D eigenvalue weighted by Gasteiger charge is 2.13. The van der Waals surface area contributed by atoms with Crippen molar-refractivity contribution in [2.45, 2.75) is 0 Å². The van der Waals surface area contributed by atoms with Gasteiger partial charge in [0.25, 0.3) is 5.91 Å². The van der Waals surface area contributed by atoms with Crippen molar-refractivity contribution < 1.29 is 9.18 Å². The molecular formula is C16H12FN3O. The van der Waals surface area contributed by atoms with E-state index in [2.05, 4.69) is 10.3 Å². The van der Waals surface area contributed by atoms with Crippen molar-refractivity contribution in [2.24, 2.45) is 0 Å². The van der Waals surface area contributed by atoms with Crippen molar-refractivity contribution in [3.63, 3.8) is 0 Å². The number of carbonyl (C=O) groups excluding carboxylic acids is 1. The van der Waals surface area contributed by atoms with Crippen LogP contribution in [0.4, 0.5) is 15.8 Å². The maximum absolute atomic E-state index is 13.7. The summed E-state index contributed by atoms with van der Waals surface area (Å²) in [5.74, 6) is -1.17. The third-order valence-corrected chi connectivity index (χ3v) is 3.12. The summed E-state index contributed by atoms with van der Waals surface area (Å²) < 4.78 is 13.7. The fourth-order valence-corrected chi connectivity index (χ4v) is 2.11. The number of nitrogen functional groups attached to an aromatic ring is 1. The molecule has 4 nitrogen and oxygen atoms in total. The van der Waals surface area contributed by atoms with E-state index >= 15 is 0 Å². The molecule has 5 heteroatoms. The van der Waals surface area contributed by atoms with Crippen LogP contribution < -0.4 is 11.1 Å². The number of halogens is 1. The minimum absolute atomic E-state index is 0.0945. The monoisotopic (exact) mass is 281 g/mol. The van der Waals surface area contributed by atoms with E-state index in [4.69, 9.17) is 5.73 Å². The molecule has 0 aliphatic rings. The smallest absolute Gasteiger partial charge is 0.258 e. The average Bonchev–Trinajstić information content (AvgIpc) is 2.50. The largest absolute Gasteiger partial charge is 0.399 e. The highest BCUT2D eigenvalue weighted by Crippen LogP contribution is 2.22. The number of amides is 1. The van der Waals surface area contributed by atoms with Crippen LogP contribution in [0.15, 0.2) is 54.7 Å². The Morgan fingerprint density at radius 1 is 1.14 bits per heavy atom. The zero-order chi connectivity index (χ0) is 14.8. The van der Waals surface area contributed by atoms with E-state index in [0.29, 0.717) is 16.9 Å². The Morgan fingerprint density at radius 2 is 1.95 bits per heavy atom. The van der Waals surface area contributed by atoms with Crippen LogP contribution in [0.3, 0.4) is 0 Å². The van der Waals surface area contributed by atoms with Crippen LogP contribution in [0.2, 0.25) is 0 Å². The number of carbonyl (C=O) groups is 1. The quantitative estimate of drug-likeness (QED) is 0.709. The molecule has 0 bridgehead atoms. The Kier molecular flexibility index (Phi) is 3.23. The molecule has 0 aliphatic carbocycles. The second-order valence-corrected chi connectivity index (χ2v) is 4.57. The number of benzene rings is 2. The van der Waals surface area contributed by atoms with E-state index in [-0.39, 0.29) is 5.56 Å². The number of hydrogen-bond donors (Lipinski definition) is 2. The summed E-state index contributed by atoms with van der Waals surface area (Å²) in [6.07, 6.45) is 1.64. The molecule has 0 aliphatic heterocycles. The van der Waals surface area contributed by atoms with Crippen LogP contribution in [0.1, 0.15) is 10.4 Å². The number of nitrogens with zero attached hydrogens (tertiary/aromatic N) is 1. The van der Waals surface area contributed by atoms with E-state index in [1.54, 1.807) is 18.3 Å². The molecule has 0 atom stereocenters. The first-order valence-electron chi connectivity index (χ1n) is 6.35. The average molecular weight is 281 g/mol. The molecule has 3 aromatic rings. The molecule has 0 spiro atoms. The van der Waals surface area contributed by atoms with E-state index in [9.17, 15) is 9.18 Å². The minimum Gasteiger partial charge on any atom is -0.399 e. The molecule has 21 heavy (non-hydrogen) atoms. The molecule has 1 heterocycles. The van der Waals surface area contributed by atoms with E-state index in [1.807, 2.05) is 18.2 Å². The van der Waals surface area contributed by atoms with Gasteiger partial charge in [0.15, 0.2) is 0 Å². The number of para-hydroxylation sites is 1. The van der Waals surface area contributed by atoms with Crippen molar-refractivity contribution in [3.05, 3.63) is 66.1 Å². The number of nitrogens with one attached hydrogen (secondary N) is 1. The summed E-state index contributed by atoms with van der Waals surface area (Å²) in [4.78, 5) is 16.4. The number of fused-ring (bicyclic) bond motifs is 1. The Labute approximate surface area is 120 Å². The van der Waals surface area contributed by atoms with E-state index < -0.39 is 11.7 Å². The van der Waals surface area contributed by atoms with Gasteiger partial charge in [-0.25, -0.2) is 4.39 Å². The molecule has 2 aromatic carbocycles. The standard InChI is InChI=1S/C16H12FN3O/c17-13-7-6-11(18)9-12(13)16(21)20-14-5-1-3-10-4-2-8-19-15(10)14/h1-9H,18H2,(H,20,21). The van der Waals surface area contributed by atoms with Crippen LogP contribution in [0.25, 0.3) is 10.9 Å². The van der Waals surface area contributed by atoms with Gasteiger partial charge in [-0.3, -0.25) is 9.78 Å². The number of aromatic nitrogens is 1. The summed E-state index contributed by atoms with van der Waals surface area (Å²) in [5, 5.41) is 3.56. The van der Waals surface area contributed by atoms with Crippen LogP contribution in [-0.4, -0.2) is 10.9 Å². The SMILES string of the molecule is Nc1ccc(F)c(C(=O)Nc2cccc3cccnc23)c1. The highest BCUT2D eigenvalue weighted by molar-refractivity contribution is 6.08. The van der Waals surface area contributed by atoms with Crippen LogP contribution in [0, 0.1) is 5.82 Å². The molecule has 0 saturated carbocycles. The fourth-order valence-electron chi connectivity index (χ4n) is 2.11. The fraction of sp³-hybridized carbons (Fsp3) is 0. The summed E-state index contributed by atoms with van der Waals surface area (Å²) in [6.45, 7) is 0. The topological polar surface area (TPSA) is 68.0 Å². The number of rotatable bonds is 2. The maximum Gasteiger partial charge on any atom is 0.258 e. The predicted octanol–water partition coefficient (Wildman–Crippen LogP) is 3.21. The van der Waals surface area contributed by atoms with Crippen molar-refractivity contribution in [2.75, 3.05) is 11.1 Å². The maximum atomic E-state index is 13.7. The third kappa shape index (κ3) is 2.53. The minimum atomic E-state index is -0.616. The van der Waals surface area contributed by atoms with Crippen molar-refractivity contribution in [3.8, 4) is 0 Å². The Hall–Kier alpha value is -2.95. The number of nitrogens with two attached hydrogens (primary N) is 1. The van der Waals surface area contributed by atoms with E-state index in [0.717, 1.165) is 5.39 Å². The molecule has 0 unspecified atom stereocenters. The van der Waals surface area contributed by atoms with Crippen molar-refractivity contribution in [1.29, 1.82) is 0 Å². The van der Waals surface area contributed by atoms with Gasteiger partial charge in [-0.15, -0.1) is 0 Å². The first kappa shape index (κ1) is 13.1. The van der Waals surface area contributed by atoms with Gasteiger partial charge in [0.1, 0.15) is 5.82 Å². The lowest BCUT2D eigenvalue weighted by molar-refractivity contribution is 0.102. The normalized spacial score (nSPS) is 10.5. The summed E-state index contributed by atoms with van der Waals surface area (Å²) in [5.41, 5.74) is 7.01. The molecule has 3 rings (SSSR count). The first-order valence-corrected chi connectivity index (χ1v) is 6.35. The van der Waals surface area contributed by atoms with Gasteiger partial charge in [0.2, 0.25) is 0 Å². The second-order valence-electron chi connectivity index (χ2n) is 4.57. The highest BCUT2D eigenvalue weighted by atomic mass is 19.1. The summed E-state index contributed by atoms with van der Waals surface area (Å²) in [6, 6.07) is 13.0. The second kappa shape index (κ2) is 5.20. The van der Waals surface area contributed by atoms with Crippen LogP contribution in [-0.2, 0) is 0 Å². The van der Waals surface area contributed by atoms with Gasteiger partial charge in [-0.05, 0) is 30.3 Å². The Bertz CT molecular complexity index is 827. The molecule has 3 N–H and O–H groups in total. The van der Waals surface area contributed by atoms with Gasteiger partial charge in [0.05, 0.1) is 16.8 Å². The summed E-state index contributed by atoms with van der Waals surface area (Å²) in [7, 11) is 0. The molecule has 0 fully saturated rings. The van der Waals surface area contributed by atoms with Crippen LogP contribution >= 0.6 is 0 Å². The van der Waals surface area contributed by atoms with Gasteiger partial charge in [0, 0.05) is 17.3 Å². The lowest BCUT2D eigenvalue weighted by atomic mass is 10.1. The molecule has 1 amide bonds. The predicted molar refractivity (Wildman–Crippen MR) is 80.5 cm³/mol. The zero-order valence-electron chi connectivity index (χ0n) is 11.0. The third-order valence-electron chi connectivity index (χ3n) is 3.12. The van der Waals surface area contributed by atoms with Gasteiger partial charge in [-0.1, -0.05) is 18.2 Å². The van der Waals surface area contributed by atoms with Crippen LogP contribution in [0.5, 0.6) is 0 Å². The number of pyridine rings is 1. The van der Waals surface area contributed by atoms with Crippen molar-refractivity contribution >= 4 is 28.2 Å². The zero-order valence-corrected chi connectivity index (χ0v) is 11.0. The molecule has 0 saturated heterocycles. The lowest BCUT2D eigenvalue weighted by Gasteiger charge is -2.09. The van der Waals surface area contributed by atoms with Gasteiger partial charge in [-0.2, -0.15) is 0 Å². The van der Waals surface area contributed by atoms with Crippen molar-refractivity contribution in [1.82, 2.24) is 4.98 Å². The number of anilines is 2. The number of hydrogen-bond acceptors (Lipinski definition) is 3. The lowest BCUT2D eigenvalue weighted by Crippen LogP contribution is -2.14. The Morgan fingerprint density at radius 3 is 2.81 bits per heavy atom. The summed E-state index contributed by atoms with van der Waals surface area (Å²) >= 11 is 0.